The number of benzene rings is 1. The number of alkyl halides is 3. The summed E-state index contributed by atoms with van der Waals surface area (Å²) in [4.78, 5) is 18.5. The maximum atomic E-state index is 13.3. The van der Waals surface area contributed by atoms with Crippen molar-refractivity contribution in [2.75, 3.05) is 12.4 Å². The highest BCUT2D eigenvalue weighted by Gasteiger charge is 2.37. The fraction of sp³-hybridized carbons (Fsp3) is 0.389. The van der Waals surface area contributed by atoms with E-state index in [4.69, 9.17) is 9.47 Å². The Morgan fingerprint density at radius 1 is 1.29 bits per heavy atom. The molecule has 1 heterocycles. The van der Waals surface area contributed by atoms with Gasteiger partial charge < -0.3 is 19.9 Å². The van der Waals surface area contributed by atoms with E-state index in [-0.39, 0.29) is 34.8 Å². The van der Waals surface area contributed by atoms with Crippen molar-refractivity contribution in [3.05, 3.63) is 29.5 Å². The molecule has 28 heavy (non-hydrogen) atoms. The molecule has 0 spiro atoms. The minimum Gasteiger partial charge on any atom is -0.507 e. The lowest BCUT2D eigenvalue weighted by Gasteiger charge is -2.18. The van der Waals surface area contributed by atoms with Crippen LogP contribution in [0.4, 0.5) is 24.8 Å². The molecule has 1 aromatic carbocycles. The SMILES string of the molecule is COc1cc(C=O)c(O)cc1Nc1ncc(C(F)(F)F)c(OC2CCCC2)n1. The molecule has 1 aliphatic carbocycles. The highest BCUT2D eigenvalue weighted by Crippen LogP contribution is 2.38. The fourth-order valence-electron chi connectivity index (χ4n) is 2.94. The summed E-state index contributed by atoms with van der Waals surface area (Å²) in [5, 5.41) is 12.5. The van der Waals surface area contributed by atoms with Crippen LogP contribution in [-0.4, -0.2) is 34.6 Å². The summed E-state index contributed by atoms with van der Waals surface area (Å²) < 4.78 is 50.4. The number of nitrogens with one attached hydrogen (secondary N) is 1. The van der Waals surface area contributed by atoms with Crippen LogP contribution in [-0.2, 0) is 6.18 Å². The number of aldehydes is 1. The van der Waals surface area contributed by atoms with Crippen LogP contribution in [0.25, 0.3) is 0 Å². The van der Waals surface area contributed by atoms with Crippen LogP contribution in [0.15, 0.2) is 18.3 Å². The topological polar surface area (TPSA) is 93.6 Å². The van der Waals surface area contributed by atoms with E-state index in [0.717, 1.165) is 12.8 Å². The molecule has 0 atom stereocenters. The van der Waals surface area contributed by atoms with Gasteiger partial charge in [-0.1, -0.05) is 0 Å². The molecule has 10 heteroatoms. The van der Waals surface area contributed by atoms with Crippen molar-refractivity contribution in [1.29, 1.82) is 0 Å². The molecule has 0 unspecified atom stereocenters. The van der Waals surface area contributed by atoms with Gasteiger partial charge in [-0.3, -0.25) is 4.79 Å². The summed E-state index contributed by atoms with van der Waals surface area (Å²) in [5.41, 5.74) is -0.880. The Hall–Kier alpha value is -3.04. The Morgan fingerprint density at radius 3 is 2.61 bits per heavy atom. The first-order chi connectivity index (χ1) is 13.3. The summed E-state index contributed by atoms with van der Waals surface area (Å²) in [7, 11) is 1.34. The van der Waals surface area contributed by atoms with E-state index in [1.807, 2.05) is 0 Å². The van der Waals surface area contributed by atoms with Crippen molar-refractivity contribution in [2.24, 2.45) is 0 Å². The van der Waals surface area contributed by atoms with Crippen molar-refractivity contribution in [1.82, 2.24) is 9.97 Å². The Labute approximate surface area is 158 Å². The second-order valence-electron chi connectivity index (χ2n) is 6.29. The smallest absolute Gasteiger partial charge is 0.423 e. The molecule has 2 aromatic rings. The first-order valence-corrected chi connectivity index (χ1v) is 8.56. The number of nitrogens with zero attached hydrogens (tertiary/aromatic N) is 2. The van der Waals surface area contributed by atoms with Crippen LogP contribution in [0.1, 0.15) is 41.6 Å². The van der Waals surface area contributed by atoms with E-state index in [1.54, 1.807) is 0 Å². The van der Waals surface area contributed by atoms with Gasteiger partial charge in [0.05, 0.1) is 18.4 Å². The lowest BCUT2D eigenvalue weighted by atomic mass is 10.2. The molecule has 1 aliphatic rings. The van der Waals surface area contributed by atoms with E-state index in [0.29, 0.717) is 25.3 Å². The Kier molecular flexibility index (Phi) is 5.57. The quantitative estimate of drug-likeness (QED) is 0.709. The Bertz CT molecular complexity index is 868. The molecule has 3 rings (SSSR count). The number of rotatable bonds is 6. The van der Waals surface area contributed by atoms with Crippen molar-refractivity contribution in [3.63, 3.8) is 0 Å². The van der Waals surface area contributed by atoms with Gasteiger partial charge >= 0.3 is 6.18 Å². The van der Waals surface area contributed by atoms with Gasteiger partial charge in [-0.05, 0) is 31.7 Å². The molecule has 0 amide bonds. The number of methoxy groups -OCH3 is 1. The normalized spacial score (nSPS) is 14.7. The molecule has 0 saturated heterocycles. The van der Waals surface area contributed by atoms with E-state index >= 15 is 0 Å². The number of ether oxygens (including phenoxy) is 2. The number of aromatic nitrogens is 2. The van der Waals surface area contributed by atoms with Gasteiger partial charge in [-0.2, -0.15) is 18.2 Å². The summed E-state index contributed by atoms with van der Waals surface area (Å²) >= 11 is 0. The van der Waals surface area contributed by atoms with E-state index in [2.05, 4.69) is 15.3 Å². The number of carbonyl (C=O) groups excluding carboxylic acids is 1. The van der Waals surface area contributed by atoms with E-state index < -0.39 is 17.6 Å². The van der Waals surface area contributed by atoms with E-state index in [1.165, 1.54) is 19.2 Å². The van der Waals surface area contributed by atoms with Gasteiger partial charge in [0, 0.05) is 12.3 Å². The molecule has 150 valence electrons. The fourth-order valence-corrected chi connectivity index (χ4v) is 2.94. The van der Waals surface area contributed by atoms with Gasteiger partial charge in [-0.15, -0.1) is 0 Å². The summed E-state index contributed by atoms with van der Waals surface area (Å²) in [6.07, 6.45) is -0.778. The van der Waals surface area contributed by atoms with Crippen molar-refractivity contribution >= 4 is 17.9 Å². The molecule has 0 aliphatic heterocycles. The molecule has 0 radical (unpaired) electrons. The lowest BCUT2D eigenvalue weighted by molar-refractivity contribution is -0.139. The highest BCUT2D eigenvalue weighted by atomic mass is 19.4. The predicted molar refractivity (Wildman–Crippen MR) is 93.2 cm³/mol. The molecule has 7 nitrogen and oxygen atoms in total. The van der Waals surface area contributed by atoms with Crippen LogP contribution in [0.3, 0.4) is 0 Å². The maximum absolute atomic E-state index is 13.3. The summed E-state index contributed by atoms with van der Waals surface area (Å²) in [6, 6.07) is 2.48. The first-order valence-electron chi connectivity index (χ1n) is 8.56. The van der Waals surface area contributed by atoms with Crippen molar-refractivity contribution in [2.45, 2.75) is 38.0 Å². The zero-order chi connectivity index (χ0) is 20.3. The van der Waals surface area contributed by atoms with Gasteiger partial charge in [0.2, 0.25) is 11.8 Å². The standard InChI is InChI=1S/C18H18F3N3O4/c1-27-15-6-10(9-25)14(26)7-13(15)23-17-22-8-12(18(19,20)21)16(24-17)28-11-4-2-3-5-11/h6-9,11,26H,2-5H2,1H3,(H,22,23,24). The summed E-state index contributed by atoms with van der Waals surface area (Å²) in [5.74, 6) is -0.864. The monoisotopic (exact) mass is 397 g/mol. The molecule has 1 saturated carbocycles. The molecular formula is C18H18F3N3O4. The average molecular weight is 397 g/mol. The van der Waals surface area contributed by atoms with Crippen molar-refractivity contribution in [3.8, 4) is 17.4 Å². The highest BCUT2D eigenvalue weighted by molar-refractivity contribution is 5.83. The van der Waals surface area contributed by atoms with Crippen LogP contribution < -0.4 is 14.8 Å². The number of anilines is 2. The molecule has 1 aromatic heterocycles. The minimum absolute atomic E-state index is 0.000920. The van der Waals surface area contributed by atoms with Crippen LogP contribution in [0, 0.1) is 0 Å². The molecular weight excluding hydrogens is 379 g/mol. The Morgan fingerprint density at radius 2 is 2.00 bits per heavy atom. The number of phenolic OH excluding ortho intramolecular Hbond substituents is 1. The summed E-state index contributed by atoms with van der Waals surface area (Å²) in [6.45, 7) is 0. The third kappa shape index (κ3) is 4.26. The van der Waals surface area contributed by atoms with Crippen LogP contribution in [0.5, 0.6) is 17.4 Å². The largest absolute Gasteiger partial charge is 0.507 e. The lowest BCUT2D eigenvalue weighted by Crippen LogP contribution is -2.18. The number of hydrogen-bond acceptors (Lipinski definition) is 7. The third-order valence-corrected chi connectivity index (χ3v) is 4.36. The van der Waals surface area contributed by atoms with Crippen LogP contribution in [0.2, 0.25) is 0 Å². The van der Waals surface area contributed by atoms with Crippen LogP contribution >= 0.6 is 0 Å². The predicted octanol–water partition coefficient (Wildman–Crippen LogP) is 4.09. The van der Waals surface area contributed by atoms with Gasteiger partial charge in [0.25, 0.3) is 0 Å². The number of hydrogen-bond donors (Lipinski definition) is 2. The number of carbonyl (C=O) groups is 1. The minimum atomic E-state index is -4.66. The Balaban J connectivity index is 1.94. The zero-order valence-corrected chi connectivity index (χ0v) is 14.9. The third-order valence-electron chi connectivity index (χ3n) is 4.36. The van der Waals surface area contributed by atoms with Crippen molar-refractivity contribution < 1.29 is 32.5 Å². The van der Waals surface area contributed by atoms with Gasteiger partial charge in [0.15, 0.2) is 6.29 Å². The van der Waals surface area contributed by atoms with Gasteiger partial charge in [-0.25, -0.2) is 4.98 Å². The first kappa shape index (κ1) is 19.7. The molecule has 1 fully saturated rings. The number of halogens is 3. The maximum Gasteiger partial charge on any atom is 0.423 e. The van der Waals surface area contributed by atoms with Gasteiger partial charge in [0.1, 0.15) is 23.2 Å². The zero-order valence-electron chi connectivity index (χ0n) is 14.9. The molecule has 0 bridgehead atoms. The second-order valence-corrected chi connectivity index (χ2v) is 6.29. The number of phenols is 1. The second kappa shape index (κ2) is 7.91. The number of aromatic hydroxyl groups is 1. The van der Waals surface area contributed by atoms with E-state index in [9.17, 15) is 23.1 Å². The molecule has 2 N–H and O–H groups in total. The average Bonchev–Trinajstić information content (AvgIpc) is 3.14.